The van der Waals surface area contributed by atoms with Crippen molar-refractivity contribution in [1.82, 2.24) is 4.90 Å². The fourth-order valence-electron chi connectivity index (χ4n) is 2.97. The molecular formula is C17H25NO. The molecule has 0 aliphatic heterocycles. The lowest BCUT2D eigenvalue weighted by molar-refractivity contribution is -0.134. The largest absolute Gasteiger partial charge is 0.338 e. The first-order valence-electron chi connectivity index (χ1n) is 7.07. The van der Waals surface area contributed by atoms with Gasteiger partial charge in [-0.15, -0.1) is 0 Å². The van der Waals surface area contributed by atoms with Crippen molar-refractivity contribution in [3.8, 4) is 0 Å². The van der Waals surface area contributed by atoms with E-state index in [9.17, 15) is 4.79 Å². The Bertz CT molecular complexity index is 460. The van der Waals surface area contributed by atoms with E-state index < -0.39 is 0 Å². The number of carbonyl (C=O) groups excluding carboxylic acids is 1. The summed E-state index contributed by atoms with van der Waals surface area (Å²) in [7, 11) is 0. The highest BCUT2D eigenvalue weighted by Crippen LogP contribution is 2.59. The van der Waals surface area contributed by atoms with E-state index in [-0.39, 0.29) is 16.9 Å². The highest BCUT2D eigenvalue weighted by Gasteiger charge is 2.52. The molecule has 2 nitrogen and oxygen atoms in total. The topological polar surface area (TPSA) is 20.3 Å². The first-order chi connectivity index (χ1) is 8.74. The molecule has 1 fully saturated rings. The fraction of sp³-hybridized carbons (Fsp3) is 0.588. The Hall–Kier alpha value is -1.31. The molecule has 2 atom stereocenters. The van der Waals surface area contributed by atoms with Crippen LogP contribution in [0.25, 0.3) is 0 Å². The van der Waals surface area contributed by atoms with E-state index in [0.717, 1.165) is 6.54 Å². The minimum Gasteiger partial charge on any atom is -0.338 e. The molecule has 2 heteroatoms. The van der Waals surface area contributed by atoms with E-state index in [2.05, 4.69) is 58.0 Å². The van der Waals surface area contributed by atoms with Crippen LogP contribution in [0.15, 0.2) is 30.3 Å². The van der Waals surface area contributed by atoms with Crippen LogP contribution in [-0.4, -0.2) is 22.9 Å². The summed E-state index contributed by atoms with van der Waals surface area (Å²) in [4.78, 5) is 13.9. The highest BCUT2D eigenvalue weighted by atomic mass is 16.2. The van der Waals surface area contributed by atoms with Crippen molar-refractivity contribution in [3.63, 3.8) is 0 Å². The Morgan fingerprint density at radius 3 is 2.37 bits per heavy atom. The van der Waals surface area contributed by atoms with Crippen molar-refractivity contribution in [2.24, 2.45) is 5.41 Å². The van der Waals surface area contributed by atoms with Crippen LogP contribution in [0.1, 0.15) is 52.5 Å². The van der Waals surface area contributed by atoms with Crippen LogP contribution in [0.5, 0.6) is 0 Å². The number of rotatable bonds is 3. The van der Waals surface area contributed by atoms with Gasteiger partial charge in [0.1, 0.15) is 0 Å². The van der Waals surface area contributed by atoms with Gasteiger partial charge in [-0.2, -0.15) is 0 Å². The van der Waals surface area contributed by atoms with E-state index >= 15 is 0 Å². The van der Waals surface area contributed by atoms with Gasteiger partial charge in [0.2, 0.25) is 5.91 Å². The van der Waals surface area contributed by atoms with Gasteiger partial charge in [0.25, 0.3) is 0 Å². The molecule has 0 aromatic heterocycles. The van der Waals surface area contributed by atoms with Gasteiger partial charge < -0.3 is 4.90 Å². The van der Waals surface area contributed by atoms with Gasteiger partial charge >= 0.3 is 0 Å². The zero-order valence-electron chi connectivity index (χ0n) is 12.7. The zero-order chi connectivity index (χ0) is 14.3. The Balaban J connectivity index is 2.10. The number of hydrogen-bond donors (Lipinski definition) is 0. The minimum atomic E-state index is -0.0985. The zero-order valence-corrected chi connectivity index (χ0v) is 12.7. The molecule has 1 amide bonds. The summed E-state index contributed by atoms with van der Waals surface area (Å²) in [5.74, 6) is 0.769. The average Bonchev–Trinajstić information content (AvgIpc) is 2.98. The van der Waals surface area contributed by atoms with Crippen LogP contribution < -0.4 is 0 Å². The molecule has 1 aromatic carbocycles. The third-order valence-corrected chi connectivity index (χ3v) is 4.26. The lowest BCUT2D eigenvalue weighted by Crippen LogP contribution is -2.47. The van der Waals surface area contributed by atoms with E-state index in [1.165, 1.54) is 12.0 Å². The lowest BCUT2D eigenvalue weighted by Gasteiger charge is -2.37. The first-order valence-corrected chi connectivity index (χ1v) is 7.07. The number of nitrogens with zero attached hydrogens (tertiary/aromatic N) is 1. The van der Waals surface area contributed by atoms with Crippen LogP contribution in [-0.2, 0) is 4.79 Å². The Labute approximate surface area is 116 Å². The van der Waals surface area contributed by atoms with E-state index in [1.807, 2.05) is 4.90 Å². The summed E-state index contributed by atoms with van der Waals surface area (Å²) in [6.45, 7) is 11.2. The number of benzene rings is 1. The molecule has 0 heterocycles. The molecule has 1 aromatic rings. The predicted molar refractivity (Wildman–Crippen MR) is 79.0 cm³/mol. The molecule has 19 heavy (non-hydrogen) atoms. The predicted octanol–water partition coefficient (Wildman–Crippen LogP) is 3.83. The van der Waals surface area contributed by atoms with Crippen molar-refractivity contribution >= 4 is 5.91 Å². The number of carbonyl (C=O) groups is 1. The molecule has 1 aliphatic rings. The van der Waals surface area contributed by atoms with Gasteiger partial charge in [-0.05, 0) is 44.1 Å². The number of hydrogen-bond acceptors (Lipinski definition) is 1. The van der Waals surface area contributed by atoms with Crippen molar-refractivity contribution < 1.29 is 4.79 Å². The Morgan fingerprint density at radius 1 is 1.32 bits per heavy atom. The maximum atomic E-state index is 11.9. The van der Waals surface area contributed by atoms with Gasteiger partial charge in [0, 0.05) is 19.0 Å². The quantitative estimate of drug-likeness (QED) is 0.808. The molecule has 104 valence electrons. The monoisotopic (exact) mass is 259 g/mol. The molecule has 0 radical (unpaired) electrons. The third kappa shape index (κ3) is 2.99. The van der Waals surface area contributed by atoms with Crippen LogP contribution in [0.2, 0.25) is 0 Å². The van der Waals surface area contributed by atoms with Crippen molar-refractivity contribution in [2.75, 3.05) is 6.54 Å². The van der Waals surface area contributed by atoms with Gasteiger partial charge in [0.15, 0.2) is 0 Å². The van der Waals surface area contributed by atoms with E-state index in [0.29, 0.717) is 5.92 Å². The second kappa shape index (κ2) is 4.66. The molecular weight excluding hydrogens is 234 g/mol. The van der Waals surface area contributed by atoms with Crippen molar-refractivity contribution in [3.05, 3.63) is 35.9 Å². The van der Waals surface area contributed by atoms with Gasteiger partial charge in [0.05, 0.1) is 0 Å². The lowest BCUT2D eigenvalue weighted by atomic mass is 9.97. The van der Waals surface area contributed by atoms with Gasteiger partial charge in [-0.25, -0.2) is 0 Å². The Morgan fingerprint density at radius 2 is 1.89 bits per heavy atom. The summed E-state index contributed by atoms with van der Waals surface area (Å²) in [5, 5.41) is 0. The second-order valence-electron chi connectivity index (χ2n) is 7.10. The molecule has 2 unspecified atom stereocenters. The van der Waals surface area contributed by atoms with Gasteiger partial charge in [-0.1, -0.05) is 37.3 Å². The fourth-order valence-corrected chi connectivity index (χ4v) is 2.97. The molecule has 0 bridgehead atoms. The van der Waals surface area contributed by atoms with Crippen LogP contribution in [0, 0.1) is 5.41 Å². The second-order valence-corrected chi connectivity index (χ2v) is 7.10. The molecule has 2 rings (SSSR count). The maximum Gasteiger partial charge on any atom is 0.219 e. The van der Waals surface area contributed by atoms with Gasteiger partial charge in [-0.3, -0.25) is 4.79 Å². The summed E-state index contributed by atoms with van der Waals surface area (Å²) < 4.78 is 0. The maximum absolute atomic E-state index is 11.9. The third-order valence-electron chi connectivity index (χ3n) is 4.26. The molecule has 0 N–H and O–H groups in total. The summed E-state index contributed by atoms with van der Waals surface area (Å²) in [5.41, 5.74) is 1.54. The Kier molecular flexibility index (Phi) is 3.46. The average molecular weight is 259 g/mol. The van der Waals surface area contributed by atoms with E-state index in [4.69, 9.17) is 0 Å². The molecule has 1 saturated carbocycles. The van der Waals surface area contributed by atoms with Crippen LogP contribution in [0.4, 0.5) is 0 Å². The van der Waals surface area contributed by atoms with Crippen LogP contribution in [0.3, 0.4) is 0 Å². The standard InChI is InChI=1S/C17H25NO/c1-13(19)18(16(2,3)4)12-17(5)11-15(17)14-9-7-6-8-10-14/h6-10,15H,11-12H2,1-5H3. The van der Waals surface area contributed by atoms with Crippen LogP contribution >= 0.6 is 0 Å². The molecule has 0 spiro atoms. The summed E-state index contributed by atoms with van der Waals surface area (Å²) >= 11 is 0. The summed E-state index contributed by atoms with van der Waals surface area (Å²) in [6, 6.07) is 10.7. The van der Waals surface area contributed by atoms with Crippen molar-refractivity contribution in [1.29, 1.82) is 0 Å². The SMILES string of the molecule is CC(=O)N(CC1(C)CC1c1ccccc1)C(C)(C)C. The minimum absolute atomic E-state index is 0.0985. The summed E-state index contributed by atoms with van der Waals surface area (Å²) in [6.07, 6.45) is 1.18. The molecule has 0 saturated heterocycles. The normalized spacial score (nSPS) is 26.1. The van der Waals surface area contributed by atoms with E-state index in [1.54, 1.807) is 6.92 Å². The smallest absolute Gasteiger partial charge is 0.219 e. The first kappa shape index (κ1) is 14.1. The molecule has 1 aliphatic carbocycles. The van der Waals surface area contributed by atoms with Crippen molar-refractivity contribution in [2.45, 2.75) is 52.5 Å². The number of amides is 1. The highest BCUT2D eigenvalue weighted by molar-refractivity contribution is 5.74.